The first-order chi connectivity index (χ1) is 14.4. The zero-order valence-corrected chi connectivity index (χ0v) is 17.7. The second-order valence-electron chi connectivity index (χ2n) is 6.60. The molecule has 1 aromatic carbocycles. The number of benzene rings is 1. The lowest BCUT2D eigenvalue weighted by Gasteiger charge is -2.26. The zero-order chi connectivity index (χ0) is 21.1. The fourth-order valence-corrected chi connectivity index (χ4v) is 5.01. The maximum Gasteiger partial charge on any atom is 0.338 e. The Morgan fingerprint density at radius 2 is 2.07 bits per heavy atom. The second-order valence-corrected chi connectivity index (χ2v) is 9.32. The van der Waals surface area contributed by atoms with Crippen LogP contribution < -0.4 is 0 Å². The Hall–Kier alpha value is -2.60. The molecule has 9 nitrogen and oxygen atoms in total. The van der Waals surface area contributed by atoms with E-state index in [9.17, 15) is 13.2 Å². The highest BCUT2D eigenvalue weighted by Crippen LogP contribution is 2.22. The molecule has 3 aromatic rings. The van der Waals surface area contributed by atoms with Gasteiger partial charge in [-0.2, -0.15) is 20.6 Å². The number of sulfonamides is 1. The van der Waals surface area contributed by atoms with Crippen LogP contribution in [0.1, 0.15) is 21.7 Å². The molecule has 0 N–H and O–H groups in total. The first-order valence-corrected chi connectivity index (χ1v) is 11.5. The van der Waals surface area contributed by atoms with Crippen LogP contribution in [0.5, 0.6) is 0 Å². The van der Waals surface area contributed by atoms with E-state index in [0.717, 1.165) is 5.56 Å². The molecule has 0 atom stereocenters. The van der Waals surface area contributed by atoms with E-state index >= 15 is 0 Å². The molecular formula is C19H19N3O6S2. The van der Waals surface area contributed by atoms with Crippen LogP contribution in [0, 0.1) is 6.92 Å². The molecule has 1 aliphatic rings. The van der Waals surface area contributed by atoms with Crippen LogP contribution in [-0.4, -0.2) is 55.1 Å². The molecule has 0 aliphatic carbocycles. The van der Waals surface area contributed by atoms with Gasteiger partial charge in [0.2, 0.25) is 15.8 Å². The fourth-order valence-electron chi connectivity index (χ4n) is 2.94. The van der Waals surface area contributed by atoms with Gasteiger partial charge in [-0.1, -0.05) is 11.2 Å². The molecule has 30 heavy (non-hydrogen) atoms. The average molecular weight is 450 g/mol. The molecule has 3 heterocycles. The van der Waals surface area contributed by atoms with Crippen molar-refractivity contribution in [2.45, 2.75) is 18.4 Å². The number of nitrogens with zero attached hydrogens (tertiary/aromatic N) is 3. The van der Waals surface area contributed by atoms with Gasteiger partial charge in [-0.3, -0.25) is 0 Å². The standard InChI is InChI=1S/C19H19N3O6S2/c1-13-2-3-15(30(24,25)22-5-7-26-8-6-22)10-16(13)19(23)27-11-17-20-18(28-21-17)14-4-9-29-12-14/h2-4,9-10,12H,5-8,11H2,1H3. The Morgan fingerprint density at radius 1 is 1.27 bits per heavy atom. The smallest absolute Gasteiger partial charge is 0.338 e. The van der Waals surface area contributed by atoms with E-state index in [1.807, 2.05) is 16.8 Å². The van der Waals surface area contributed by atoms with E-state index in [1.54, 1.807) is 13.0 Å². The number of thiophene rings is 1. The summed E-state index contributed by atoms with van der Waals surface area (Å²) >= 11 is 1.50. The monoisotopic (exact) mass is 449 g/mol. The summed E-state index contributed by atoms with van der Waals surface area (Å²) in [5.41, 5.74) is 1.57. The van der Waals surface area contributed by atoms with Gasteiger partial charge in [0.05, 0.1) is 29.2 Å². The van der Waals surface area contributed by atoms with E-state index in [1.165, 1.54) is 27.8 Å². The Balaban J connectivity index is 1.48. The predicted octanol–water partition coefficient (Wildman–Crippen LogP) is 2.48. The van der Waals surface area contributed by atoms with E-state index in [0.29, 0.717) is 24.7 Å². The molecule has 0 bridgehead atoms. The van der Waals surface area contributed by atoms with Crippen molar-refractivity contribution in [1.29, 1.82) is 0 Å². The van der Waals surface area contributed by atoms with Gasteiger partial charge in [0.1, 0.15) is 0 Å². The molecule has 2 aromatic heterocycles. The lowest BCUT2D eigenvalue weighted by atomic mass is 10.1. The summed E-state index contributed by atoms with van der Waals surface area (Å²) < 4.78 is 42.7. The summed E-state index contributed by atoms with van der Waals surface area (Å²) in [5, 5.41) is 7.56. The quantitative estimate of drug-likeness (QED) is 0.528. The van der Waals surface area contributed by atoms with Crippen LogP contribution in [0.3, 0.4) is 0 Å². The summed E-state index contributed by atoms with van der Waals surface area (Å²) in [6.07, 6.45) is 0. The average Bonchev–Trinajstić information content (AvgIpc) is 3.45. The number of aromatic nitrogens is 2. The van der Waals surface area contributed by atoms with Crippen molar-refractivity contribution in [3.63, 3.8) is 0 Å². The van der Waals surface area contributed by atoms with Crippen molar-refractivity contribution in [2.75, 3.05) is 26.3 Å². The topological polar surface area (TPSA) is 112 Å². The first-order valence-electron chi connectivity index (χ1n) is 9.16. The molecule has 1 aliphatic heterocycles. The molecule has 11 heteroatoms. The lowest BCUT2D eigenvalue weighted by Crippen LogP contribution is -2.40. The Labute approximate surface area is 177 Å². The molecule has 0 unspecified atom stereocenters. The van der Waals surface area contributed by atoms with Crippen LogP contribution in [0.25, 0.3) is 11.5 Å². The summed E-state index contributed by atoms with van der Waals surface area (Å²) in [6, 6.07) is 6.27. The van der Waals surface area contributed by atoms with Crippen molar-refractivity contribution in [3.05, 3.63) is 52.0 Å². The highest BCUT2D eigenvalue weighted by molar-refractivity contribution is 7.89. The number of rotatable bonds is 6. The second kappa shape index (κ2) is 8.64. The van der Waals surface area contributed by atoms with Gasteiger partial charge in [0.15, 0.2) is 6.61 Å². The number of hydrogen-bond donors (Lipinski definition) is 0. The Morgan fingerprint density at radius 3 is 2.80 bits per heavy atom. The maximum atomic E-state index is 12.9. The minimum absolute atomic E-state index is 0.0428. The third-order valence-electron chi connectivity index (χ3n) is 4.61. The number of aryl methyl sites for hydroxylation is 1. The number of esters is 1. The van der Waals surface area contributed by atoms with Crippen molar-refractivity contribution < 1.29 is 27.2 Å². The van der Waals surface area contributed by atoms with E-state index < -0.39 is 16.0 Å². The molecule has 1 fully saturated rings. The number of hydrogen-bond acceptors (Lipinski definition) is 9. The van der Waals surface area contributed by atoms with Crippen molar-refractivity contribution >= 4 is 27.3 Å². The van der Waals surface area contributed by atoms with Gasteiger partial charge in [-0.05, 0) is 36.1 Å². The number of ether oxygens (including phenoxy) is 2. The third-order valence-corrected chi connectivity index (χ3v) is 7.18. The SMILES string of the molecule is Cc1ccc(S(=O)(=O)N2CCOCC2)cc1C(=O)OCc1noc(-c2ccsc2)n1. The summed E-state index contributed by atoms with van der Waals surface area (Å²) in [6.45, 7) is 2.77. The molecule has 0 amide bonds. The molecular weight excluding hydrogens is 430 g/mol. The van der Waals surface area contributed by atoms with Crippen molar-refractivity contribution in [3.8, 4) is 11.5 Å². The number of morpholine rings is 1. The lowest BCUT2D eigenvalue weighted by molar-refractivity contribution is 0.0458. The molecule has 4 rings (SSSR count). The summed E-state index contributed by atoms with van der Waals surface area (Å²) in [4.78, 5) is 16.8. The van der Waals surface area contributed by atoms with Gasteiger partial charge in [-0.15, -0.1) is 0 Å². The van der Waals surface area contributed by atoms with Crippen molar-refractivity contribution in [2.24, 2.45) is 0 Å². The molecule has 158 valence electrons. The van der Waals surface area contributed by atoms with Gasteiger partial charge in [0.25, 0.3) is 5.89 Å². The molecule has 0 saturated carbocycles. The van der Waals surface area contributed by atoms with Crippen LogP contribution in [0.2, 0.25) is 0 Å². The number of carbonyl (C=O) groups excluding carboxylic acids is 1. The van der Waals surface area contributed by atoms with E-state index in [-0.39, 0.29) is 36.0 Å². The zero-order valence-electron chi connectivity index (χ0n) is 16.1. The highest BCUT2D eigenvalue weighted by atomic mass is 32.2. The van der Waals surface area contributed by atoms with Crippen LogP contribution in [0.4, 0.5) is 0 Å². The van der Waals surface area contributed by atoms with E-state index in [2.05, 4.69) is 10.1 Å². The Kier molecular flexibility index (Phi) is 5.95. The van der Waals surface area contributed by atoms with Gasteiger partial charge in [-0.25, -0.2) is 13.2 Å². The summed E-state index contributed by atoms with van der Waals surface area (Å²) in [7, 11) is -3.72. The third kappa shape index (κ3) is 4.29. The van der Waals surface area contributed by atoms with Gasteiger partial charge < -0.3 is 14.0 Å². The fraction of sp³-hybridized carbons (Fsp3) is 0.316. The molecule has 0 radical (unpaired) electrons. The largest absolute Gasteiger partial charge is 0.454 e. The molecule has 0 spiro atoms. The number of carbonyl (C=O) groups is 1. The minimum atomic E-state index is -3.72. The Bertz CT molecular complexity index is 1130. The van der Waals surface area contributed by atoms with Crippen LogP contribution >= 0.6 is 11.3 Å². The normalized spacial score (nSPS) is 15.2. The summed E-state index contributed by atoms with van der Waals surface area (Å²) in [5.74, 6) is -0.0928. The van der Waals surface area contributed by atoms with Crippen LogP contribution in [-0.2, 0) is 26.1 Å². The van der Waals surface area contributed by atoms with Crippen molar-refractivity contribution in [1.82, 2.24) is 14.4 Å². The van der Waals surface area contributed by atoms with Crippen LogP contribution in [0.15, 0.2) is 44.4 Å². The van der Waals surface area contributed by atoms with Gasteiger partial charge >= 0.3 is 5.97 Å². The first kappa shape index (κ1) is 20.7. The minimum Gasteiger partial charge on any atom is -0.454 e. The predicted molar refractivity (Wildman–Crippen MR) is 107 cm³/mol. The molecule has 1 saturated heterocycles. The highest BCUT2D eigenvalue weighted by Gasteiger charge is 2.27. The van der Waals surface area contributed by atoms with Gasteiger partial charge in [0, 0.05) is 18.5 Å². The maximum absolute atomic E-state index is 12.9. The van der Waals surface area contributed by atoms with E-state index in [4.69, 9.17) is 14.0 Å².